The molecule has 0 aromatic heterocycles. The summed E-state index contributed by atoms with van der Waals surface area (Å²) < 4.78 is 5.50. The minimum Gasteiger partial charge on any atom is -0.492 e. The summed E-state index contributed by atoms with van der Waals surface area (Å²) in [7, 11) is 0. The Morgan fingerprint density at radius 1 is 1.39 bits per heavy atom. The Hall–Kier alpha value is -1.77. The molecule has 1 N–H and O–H groups in total. The second kappa shape index (κ2) is 6.24. The summed E-state index contributed by atoms with van der Waals surface area (Å²) in [5.41, 5.74) is 0.763. The highest BCUT2D eigenvalue weighted by molar-refractivity contribution is 5.94. The van der Waals surface area contributed by atoms with Crippen molar-refractivity contribution in [3.63, 3.8) is 0 Å². The maximum Gasteiger partial charge on any atom is 0.227 e. The Morgan fingerprint density at radius 3 is 2.94 bits per heavy atom. The zero-order chi connectivity index (χ0) is 12.8. The summed E-state index contributed by atoms with van der Waals surface area (Å²) in [5.74, 6) is 0.913. The van der Waals surface area contributed by atoms with Crippen LogP contribution in [0.25, 0.3) is 0 Å². The molecule has 1 unspecified atom stereocenters. The summed E-state index contributed by atoms with van der Waals surface area (Å²) in [6.07, 6.45) is 6.98. The first-order valence-corrected chi connectivity index (χ1v) is 6.49. The first kappa shape index (κ1) is 12.7. The van der Waals surface area contributed by atoms with Crippen LogP contribution in [0.5, 0.6) is 5.75 Å². The fourth-order valence-corrected chi connectivity index (χ4v) is 2.12. The number of rotatable bonds is 4. The van der Waals surface area contributed by atoms with Crippen molar-refractivity contribution in [2.75, 3.05) is 11.9 Å². The third kappa shape index (κ3) is 3.13. The van der Waals surface area contributed by atoms with Crippen LogP contribution in [0.2, 0.25) is 0 Å². The van der Waals surface area contributed by atoms with Crippen LogP contribution in [0.1, 0.15) is 26.2 Å². The normalized spacial score (nSPS) is 18.4. The number of ether oxygens (including phenoxy) is 1. The van der Waals surface area contributed by atoms with Crippen LogP contribution in [0.3, 0.4) is 0 Å². The van der Waals surface area contributed by atoms with E-state index in [1.54, 1.807) is 0 Å². The van der Waals surface area contributed by atoms with Crippen LogP contribution in [0, 0.1) is 5.92 Å². The van der Waals surface area contributed by atoms with E-state index in [4.69, 9.17) is 4.74 Å². The van der Waals surface area contributed by atoms with E-state index in [2.05, 4.69) is 17.5 Å². The van der Waals surface area contributed by atoms with E-state index in [0.717, 1.165) is 30.7 Å². The molecular weight excluding hydrogens is 226 g/mol. The SMILES string of the molecule is CCOc1ccccc1NC(=O)C1CC=CCC1. The molecular formula is C15H19NO2. The van der Waals surface area contributed by atoms with E-state index < -0.39 is 0 Å². The van der Waals surface area contributed by atoms with Gasteiger partial charge in [-0.2, -0.15) is 0 Å². The number of anilines is 1. The van der Waals surface area contributed by atoms with E-state index >= 15 is 0 Å². The summed E-state index contributed by atoms with van der Waals surface area (Å²) in [5, 5.41) is 2.97. The predicted octanol–water partition coefficient (Wildman–Crippen LogP) is 3.38. The molecule has 3 heteroatoms. The van der Waals surface area contributed by atoms with Crippen LogP contribution in [-0.2, 0) is 4.79 Å². The fraction of sp³-hybridized carbons (Fsp3) is 0.400. The monoisotopic (exact) mass is 245 g/mol. The van der Waals surface area contributed by atoms with Gasteiger partial charge in [0.15, 0.2) is 0 Å². The molecule has 96 valence electrons. The molecule has 1 aromatic carbocycles. The van der Waals surface area contributed by atoms with Crippen molar-refractivity contribution in [2.45, 2.75) is 26.2 Å². The molecule has 0 spiro atoms. The fourth-order valence-electron chi connectivity index (χ4n) is 2.12. The quantitative estimate of drug-likeness (QED) is 0.826. The Labute approximate surface area is 108 Å². The van der Waals surface area contributed by atoms with Crippen LogP contribution in [-0.4, -0.2) is 12.5 Å². The molecule has 1 amide bonds. The van der Waals surface area contributed by atoms with Gasteiger partial charge in [-0.05, 0) is 38.3 Å². The highest BCUT2D eigenvalue weighted by Crippen LogP contribution is 2.26. The third-order valence-electron chi connectivity index (χ3n) is 3.08. The first-order valence-electron chi connectivity index (χ1n) is 6.49. The highest BCUT2D eigenvalue weighted by atomic mass is 16.5. The minimum atomic E-state index is 0.0877. The summed E-state index contributed by atoms with van der Waals surface area (Å²) in [6.45, 7) is 2.53. The number of hydrogen-bond donors (Lipinski definition) is 1. The third-order valence-corrected chi connectivity index (χ3v) is 3.08. The second-order valence-electron chi connectivity index (χ2n) is 4.40. The van der Waals surface area contributed by atoms with Crippen LogP contribution in [0.4, 0.5) is 5.69 Å². The van der Waals surface area contributed by atoms with Crippen LogP contribution in [0.15, 0.2) is 36.4 Å². The Balaban J connectivity index is 2.04. The molecule has 1 aromatic rings. The number of nitrogens with one attached hydrogen (secondary N) is 1. The second-order valence-corrected chi connectivity index (χ2v) is 4.40. The van der Waals surface area contributed by atoms with Crippen molar-refractivity contribution in [2.24, 2.45) is 5.92 Å². The molecule has 2 rings (SSSR count). The first-order chi connectivity index (χ1) is 8.81. The number of carbonyl (C=O) groups is 1. The van der Waals surface area contributed by atoms with Gasteiger partial charge in [-0.1, -0.05) is 24.3 Å². The Kier molecular flexibility index (Phi) is 4.40. The number of allylic oxidation sites excluding steroid dienone is 2. The zero-order valence-electron chi connectivity index (χ0n) is 10.7. The number of para-hydroxylation sites is 2. The molecule has 0 heterocycles. The highest BCUT2D eigenvalue weighted by Gasteiger charge is 2.19. The average Bonchev–Trinajstić information content (AvgIpc) is 2.42. The maximum atomic E-state index is 12.1. The van der Waals surface area contributed by atoms with Gasteiger partial charge in [0.25, 0.3) is 0 Å². The van der Waals surface area contributed by atoms with Crippen molar-refractivity contribution in [3.05, 3.63) is 36.4 Å². The largest absolute Gasteiger partial charge is 0.492 e. The summed E-state index contributed by atoms with van der Waals surface area (Å²) in [4.78, 5) is 12.1. The van der Waals surface area contributed by atoms with Crippen molar-refractivity contribution >= 4 is 11.6 Å². The lowest BCUT2D eigenvalue weighted by Crippen LogP contribution is -2.23. The zero-order valence-corrected chi connectivity index (χ0v) is 10.7. The molecule has 0 aliphatic heterocycles. The number of benzene rings is 1. The van der Waals surface area contributed by atoms with Gasteiger partial charge >= 0.3 is 0 Å². The van der Waals surface area contributed by atoms with Gasteiger partial charge in [0.2, 0.25) is 5.91 Å². The summed E-state index contributed by atoms with van der Waals surface area (Å²) in [6, 6.07) is 7.56. The molecule has 1 aliphatic rings. The summed E-state index contributed by atoms with van der Waals surface area (Å²) >= 11 is 0. The van der Waals surface area contributed by atoms with Gasteiger partial charge in [-0.25, -0.2) is 0 Å². The molecule has 18 heavy (non-hydrogen) atoms. The number of amides is 1. The number of hydrogen-bond acceptors (Lipinski definition) is 2. The molecule has 0 radical (unpaired) electrons. The van der Waals surface area contributed by atoms with E-state index in [-0.39, 0.29) is 11.8 Å². The maximum absolute atomic E-state index is 12.1. The van der Waals surface area contributed by atoms with Crippen molar-refractivity contribution in [1.29, 1.82) is 0 Å². The molecule has 1 atom stereocenters. The van der Waals surface area contributed by atoms with Crippen LogP contribution < -0.4 is 10.1 Å². The Morgan fingerprint density at radius 2 is 2.22 bits per heavy atom. The van der Waals surface area contributed by atoms with Crippen LogP contribution >= 0.6 is 0 Å². The predicted molar refractivity (Wildman–Crippen MR) is 72.7 cm³/mol. The van der Waals surface area contributed by atoms with Gasteiger partial charge in [0, 0.05) is 5.92 Å². The standard InChI is InChI=1S/C15H19NO2/c1-2-18-14-11-7-6-10-13(14)16-15(17)12-8-4-3-5-9-12/h3-4,6-7,10-12H,2,5,8-9H2,1H3,(H,16,17). The molecule has 0 saturated heterocycles. The van der Waals surface area contributed by atoms with Gasteiger partial charge in [0.1, 0.15) is 5.75 Å². The van der Waals surface area contributed by atoms with Gasteiger partial charge < -0.3 is 10.1 Å². The Bertz CT molecular complexity index is 440. The number of carbonyl (C=O) groups excluding carboxylic acids is 1. The molecule has 0 bridgehead atoms. The van der Waals surface area contributed by atoms with Crippen molar-refractivity contribution in [1.82, 2.24) is 0 Å². The van der Waals surface area contributed by atoms with Gasteiger partial charge in [-0.3, -0.25) is 4.79 Å². The van der Waals surface area contributed by atoms with E-state index in [9.17, 15) is 4.79 Å². The lowest BCUT2D eigenvalue weighted by molar-refractivity contribution is -0.120. The molecule has 0 saturated carbocycles. The lowest BCUT2D eigenvalue weighted by atomic mass is 9.93. The van der Waals surface area contributed by atoms with E-state index in [1.807, 2.05) is 31.2 Å². The smallest absolute Gasteiger partial charge is 0.227 e. The van der Waals surface area contributed by atoms with Crippen molar-refractivity contribution in [3.8, 4) is 5.75 Å². The topological polar surface area (TPSA) is 38.3 Å². The molecule has 1 aliphatic carbocycles. The van der Waals surface area contributed by atoms with E-state index in [1.165, 1.54) is 0 Å². The lowest BCUT2D eigenvalue weighted by Gasteiger charge is -2.18. The van der Waals surface area contributed by atoms with Gasteiger partial charge in [-0.15, -0.1) is 0 Å². The molecule has 0 fully saturated rings. The van der Waals surface area contributed by atoms with Gasteiger partial charge in [0.05, 0.1) is 12.3 Å². The molecule has 3 nitrogen and oxygen atoms in total. The van der Waals surface area contributed by atoms with Crippen molar-refractivity contribution < 1.29 is 9.53 Å². The average molecular weight is 245 g/mol. The van der Waals surface area contributed by atoms with E-state index in [0.29, 0.717) is 6.61 Å². The minimum absolute atomic E-state index is 0.0877.